The van der Waals surface area contributed by atoms with Crippen LogP contribution in [0.2, 0.25) is 0 Å². The van der Waals surface area contributed by atoms with E-state index in [2.05, 4.69) is 50.3 Å². The average molecular weight is 929 g/mol. The maximum Gasteiger partial charge on any atom is 0.306 e. The average Bonchev–Trinajstić information content (AvgIpc) is 3.30. The zero-order chi connectivity index (χ0) is 47.5. The SMILES string of the molecule is CCCCC/C=C/C/C=C/CCCCCCCCCC(=O)O[C@H](COC(=O)CCCCCCC/C=C/CCCCC)CO[C@H]1O[C@@H](CO[C@H]2O[C@@H](CO)[C@@H](O)C(O)C2O)[C@@H](O)C(O)C1O. The minimum atomic E-state index is -1.77. The Morgan fingerprint density at radius 1 is 0.492 bits per heavy atom. The molecule has 0 aromatic heterocycles. The van der Waals surface area contributed by atoms with Crippen molar-refractivity contribution in [2.24, 2.45) is 0 Å². The van der Waals surface area contributed by atoms with E-state index in [0.29, 0.717) is 12.8 Å². The molecule has 4 unspecified atom stereocenters. The first-order chi connectivity index (χ1) is 31.5. The second-order valence-electron chi connectivity index (χ2n) is 17.6. The third-order valence-electron chi connectivity index (χ3n) is 11.8. The number of carbonyl (C=O) groups is 2. The molecule has 2 aliphatic rings. The number of allylic oxidation sites excluding steroid dienone is 6. The van der Waals surface area contributed by atoms with Crippen molar-refractivity contribution in [1.29, 1.82) is 0 Å². The zero-order valence-corrected chi connectivity index (χ0v) is 39.7. The van der Waals surface area contributed by atoms with E-state index in [-0.39, 0.29) is 26.1 Å². The highest BCUT2D eigenvalue weighted by molar-refractivity contribution is 5.70. The van der Waals surface area contributed by atoms with Gasteiger partial charge in [0, 0.05) is 12.8 Å². The third kappa shape index (κ3) is 26.2. The van der Waals surface area contributed by atoms with E-state index >= 15 is 0 Å². The van der Waals surface area contributed by atoms with Crippen molar-refractivity contribution in [3.8, 4) is 0 Å². The van der Waals surface area contributed by atoms with Gasteiger partial charge in [-0.05, 0) is 70.6 Å². The Labute approximate surface area is 389 Å². The van der Waals surface area contributed by atoms with Gasteiger partial charge in [-0.15, -0.1) is 0 Å². The number of hydrogen-bond acceptors (Lipinski definition) is 15. The van der Waals surface area contributed by atoms with Crippen molar-refractivity contribution in [3.05, 3.63) is 36.5 Å². The summed E-state index contributed by atoms with van der Waals surface area (Å²) in [5, 5.41) is 72.0. The minimum Gasteiger partial charge on any atom is -0.462 e. The molecule has 378 valence electrons. The Balaban J connectivity index is 1.82. The molecule has 0 aromatic rings. The zero-order valence-electron chi connectivity index (χ0n) is 39.7. The van der Waals surface area contributed by atoms with Gasteiger partial charge in [-0.25, -0.2) is 0 Å². The van der Waals surface area contributed by atoms with Crippen LogP contribution < -0.4 is 0 Å². The first kappa shape index (κ1) is 58.8. The van der Waals surface area contributed by atoms with E-state index in [9.17, 15) is 45.3 Å². The van der Waals surface area contributed by atoms with E-state index in [1.165, 1.54) is 38.5 Å². The van der Waals surface area contributed by atoms with Crippen LogP contribution in [0.25, 0.3) is 0 Å². The molecule has 2 heterocycles. The Kier molecular flexibility index (Phi) is 34.1. The van der Waals surface area contributed by atoms with Gasteiger partial charge in [0.1, 0.15) is 55.4 Å². The summed E-state index contributed by atoms with van der Waals surface area (Å²) >= 11 is 0. The molecule has 65 heavy (non-hydrogen) atoms. The van der Waals surface area contributed by atoms with Crippen molar-refractivity contribution >= 4 is 11.9 Å². The lowest BCUT2D eigenvalue weighted by Crippen LogP contribution is -2.61. The number of esters is 2. The van der Waals surface area contributed by atoms with E-state index in [1.54, 1.807) is 0 Å². The van der Waals surface area contributed by atoms with Crippen LogP contribution >= 0.6 is 0 Å². The van der Waals surface area contributed by atoms with Crippen LogP contribution in [0, 0.1) is 0 Å². The smallest absolute Gasteiger partial charge is 0.306 e. The molecule has 15 heteroatoms. The van der Waals surface area contributed by atoms with Crippen LogP contribution in [0.5, 0.6) is 0 Å². The normalized spacial score (nSPS) is 26.7. The first-order valence-corrected chi connectivity index (χ1v) is 25.1. The predicted octanol–water partition coefficient (Wildman–Crippen LogP) is 6.54. The van der Waals surface area contributed by atoms with Gasteiger partial charge in [-0.2, -0.15) is 0 Å². The summed E-state index contributed by atoms with van der Waals surface area (Å²) in [6.45, 7) is 2.51. The molecular formula is C50H88O15. The molecule has 2 fully saturated rings. The van der Waals surface area contributed by atoms with E-state index in [1.807, 2.05) is 0 Å². The highest BCUT2D eigenvalue weighted by atomic mass is 16.7. The van der Waals surface area contributed by atoms with Crippen LogP contribution in [-0.4, -0.2) is 142 Å². The second kappa shape index (κ2) is 37.7. The lowest BCUT2D eigenvalue weighted by Gasteiger charge is -2.42. The number of aliphatic hydroxyl groups excluding tert-OH is 7. The van der Waals surface area contributed by atoms with Gasteiger partial charge in [-0.3, -0.25) is 9.59 Å². The number of carbonyl (C=O) groups excluding carboxylic acids is 2. The highest BCUT2D eigenvalue weighted by Crippen LogP contribution is 2.26. The topological polar surface area (TPSA) is 231 Å². The summed E-state index contributed by atoms with van der Waals surface area (Å²) in [4.78, 5) is 25.7. The highest BCUT2D eigenvalue weighted by Gasteiger charge is 2.47. The van der Waals surface area contributed by atoms with Crippen LogP contribution in [-0.2, 0) is 38.0 Å². The Hall–Kier alpha value is -2.28. The second-order valence-corrected chi connectivity index (χ2v) is 17.6. The molecule has 11 atom stereocenters. The van der Waals surface area contributed by atoms with Crippen LogP contribution in [0.4, 0.5) is 0 Å². The molecule has 2 aliphatic heterocycles. The molecule has 0 amide bonds. The fourth-order valence-electron chi connectivity index (χ4n) is 7.65. The Morgan fingerprint density at radius 2 is 0.923 bits per heavy atom. The lowest BCUT2D eigenvalue weighted by molar-refractivity contribution is -0.332. The number of aliphatic hydroxyl groups is 7. The summed E-state index contributed by atoms with van der Waals surface area (Å²) in [7, 11) is 0. The molecule has 0 bridgehead atoms. The number of rotatable bonds is 38. The van der Waals surface area contributed by atoms with Crippen LogP contribution in [0.3, 0.4) is 0 Å². The summed E-state index contributed by atoms with van der Waals surface area (Å²) < 4.78 is 33.5. The Bertz CT molecular complexity index is 1280. The quantitative estimate of drug-likeness (QED) is 0.0198. The van der Waals surface area contributed by atoms with Crippen LogP contribution in [0.15, 0.2) is 36.5 Å². The third-order valence-corrected chi connectivity index (χ3v) is 11.8. The molecule has 0 spiro atoms. The molecule has 0 saturated carbocycles. The molecule has 2 saturated heterocycles. The van der Waals surface area contributed by atoms with Crippen molar-refractivity contribution in [2.75, 3.05) is 26.4 Å². The summed E-state index contributed by atoms with van der Waals surface area (Å²) in [6.07, 6.45) is 21.7. The monoisotopic (exact) mass is 929 g/mol. The first-order valence-electron chi connectivity index (χ1n) is 25.1. The molecule has 0 radical (unpaired) electrons. The number of unbranched alkanes of at least 4 members (excludes halogenated alkanes) is 18. The Morgan fingerprint density at radius 3 is 1.45 bits per heavy atom. The van der Waals surface area contributed by atoms with Gasteiger partial charge < -0.3 is 64.2 Å². The van der Waals surface area contributed by atoms with Gasteiger partial charge in [0.05, 0.1) is 19.8 Å². The summed E-state index contributed by atoms with van der Waals surface area (Å²) in [5.41, 5.74) is 0. The van der Waals surface area contributed by atoms with E-state index < -0.39 is 92.7 Å². The van der Waals surface area contributed by atoms with E-state index in [4.69, 9.17) is 28.4 Å². The van der Waals surface area contributed by atoms with Crippen molar-refractivity contribution in [3.63, 3.8) is 0 Å². The van der Waals surface area contributed by atoms with Crippen LogP contribution in [0.1, 0.15) is 174 Å². The fourth-order valence-corrected chi connectivity index (χ4v) is 7.65. The summed E-state index contributed by atoms with van der Waals surface area (Å²) in [5.74, 6) is -0.945. The fraction of sp³-hybridized carbons (Fsp3) is 0.840. The lowest BCUT2D eigenvalue weighted by atomic mass is 9.98. The minimum absolute atomic E-state index is 0.155. The van der Waals surface area contributed by atoms with Crippen molar-refractivity contribution in [2.45, 2.75) is 242 Å². The van der Waals surface area contributed by atoms with Crippen molar-refractivity contribution < 1.29 is 73.8 Å². The van der Waals surface area contributed by atoms with Gasteiger partial charge in [0.15, 0.2) is 18.7 Å². The largest absolute Gasteiger partial charge is 0.462 e. The molecular weight excluding hydrogens is 841 g/mol. The molecule has 0 aromatic carbocycles. The number of ether oxygens (including phenoxy) is 6. The van der Waals surface area contributed by atoms with Gasteiger partial charge in [-0.1, -0.05) is 127 Å². The molecule has 2 rings (SSSR count). The standard InChI is InChI=1S/C50H88O15/c1-3-5-7-9-11-13-15-17-18-19-20-21-23-25-27-29-31-33-42(53)63-38(35-60-41(52)32-30-28-26-24-22-16-14-12-10-8-6-4-2)36-61-49-48(59)46(57)44(55)40(65-49)37-62-50-47(58)45(56)43(54)39(34-51)64-50/h11-14,17-18,38-40,43-51,54-59H,3-10,15-16,19-37H2,1-2H3/b13-11+,14-12+,18-17+/t38-,39+,40+,43-,44-,45?,46?,47?,48?,49+,50+/m1/s1. The molecule has 0 aliphatic carbocycles. The van der Waals surface area contributed by atoms with Gasteiger partial charge in [0.25, 0.3) is 0 Å². The van der Waals surface area contributed by atoms with Gasteiger partial charge >= 0.3 is 11.9 Å². The maximum atomic E-state index is 13.0. The van der Waals surface area contributed by atoms with E-state index in [0.717, 1.165) is 96.3 Å². The van der Waals surface area contributed by atoms with Crippen molar-refractivity contribution in [1.82, 2.24) is 0 Å². The molecule has 7 N–H and O–H groups in total. The molecule has 15 nitrogen and oxygen atoms in total. The van der Waals surface area contributed by atoms with Gasteiger partial charge in [0.2, 0.25) is 0 Å². The number of hydrogen-bond donors (Lipinski definition) is 7. The maximum absolute atomic E-state index is 13.0. The summed E-state index contributed by atoms with van der Waals surface area (Å²) in [6, 6.07) is 0. The predicted molar refractivity (Wildman–Crippen MR) is 247 cm³/mol.